The van der Waals surface area contributed by atoms with Crippen molar-refractivity contribution in [2.45, 2.75) is 24.7 Å². The summed E-state index contributed by atoms with van der Waals surface area (Å²) < 4.78 is 31.5. The number of methoxy groups -OCH3 is 1. The Balaban J connectivity index is 2.46. The third-order valence-electron chi connectivity index (χ3n) is 3.60. The minimum absolute atomic E-state index is 0.255. The number of benzene rings is 1. The first-order valence-electron chi connectivity index (χ1n) is 6.69. The van der Waals surface area contributed by atoms with Crippen molar-refractivity contribution in [2.75, 3.05) is 20.2 Å². The lowest BCUT2D eigenvalue weighted by Crippen LogP contribution is -2.39. The number of hydrogen-bond donors (Lipinski definition) is 0. The summed E-state index contributed by atoms with van der Waals surface area (Å²) in [4.78, 5) is 10.2. The molecule has 1 aromatic carbocycles. The highest BCUT2D eigenvalue weighted by Crippen LogP contribution is 2.32. The third kappa shape index (κ3) is 3.16. The van der Waals surface area contributed by atoms with E-state index in [4.69, 9.17) is 4.74 Å². The molecule has 0 radical (unpaired) electrons. The Morgan fingerprint density at radius 1 is 1.43 bits per heavy atom. The summed E-state index contributed by atoms with van der Waals surface area (Å²) in [5.74, 6) is 0.512. The fourth-order valence-electron chi connectivity index (χ4n) is 2.49. The maximum Gasteiger partial charge on any atom is 0.293 e. The van der Waals surface area contributed by atoms with Gasteiger partial charge < -0.3 is 4.74 Å². The molecule has 1 atom stereocenters. The number of nitro groups is 1. The Labute approximate surface area is 123 Å². The molecule has 0 saturated carbocycles. The van der Waals surface area contributed by atoms with Crippen LogP contribution < -0.4 is 4.74 Å². The summed E-state index contributed by atoms with van der Waals surface area (Å²) in [7, 11) is -2.48. The Morgan fingerprint density at radius 2 is 2.14 bits per heavy atom. The number of ether oxygens (including phenoxy) is 1. The summed E-state index contributed by atoms with van der Waals surface area (Å²) in [6.07, 6.45) is 1.74. The maximum absolute atomic E-state index is 12.6. The van der Waals surface area contributed by atoms with E-state index in [1.54, 1.807) is 0 Å². The topological polar surface area (TPSA) is 89.8 Å². The first-order valence-corrected chi connectivity index (χ1v) is 8.13. The van der Waals surface area contributed by atoms with E-state index in [-0.39, 0.29) is 16.6 Å². The van der Waals surface area contributed by atoms with Gasteiger partial charge in [-0.15, -0.1) is 0 Å². The van der Waals surface area contributed by atoms with E-state index in [2.05, 4.69) is 0 Å². The molecule has 1 fully saturated rings. The zero-order chi connectivity index (χ0) is 15.6. The van der Waals surface area contributed by atoms with Crippen LogP contribution in [0.15, 0.2) is 23.1 Å². The molecule has 0 amide bonds. The maximum atomic E-state index is 12.6. The van der Waals surface area contributed by atoms with Gasteiger partial charge in [-0.2, -0.15) is 4.31 Å². The molecule has 1 aromatic rings. The summed E-state index contributed by atoms with van der Waals surface area (Å²) in [6.45, 7) is 2.77. The highest BCUT2D eigenvalue weighted by atomic mass is 32.2. The van der Waals surface area contributed by atoms with Crippen LogP contribution in [0.3, 0.4) is 0 Å². The Hall–Kier alpha value is -1.67. The van der Waals surface area contributed by atoms with Crippen LogP contribution >= 0.6 is 0 Å². The number of piperidine rings is 1. The van der Waals surface area contributed by atoms with Gasteiger partial charge in [0.05, 0.1) is 18.1 Å². The lowest BCUT2D eigenvalue weighted by molar-refractivity contribution is -0.387. The molecule has 116 valence electrons. The summed E-state index contributed by atoms with van der Waals surface area (Å²) >= 11 is 0. The second kappa shape index (κ2) is 5.98. The van der Waals surface area contributed by atoms with Crippen LogP contribution in [0, 0.1) is 16.0 Å². The first-order chi connectivity index (χ1) is 9.86. The number of nitro benzene ring substituents is 1. The van der Waals surface area contributed by atoms with Gasteiger partial charge in [0.15, 0.2) is 4.90 Å². The van der Waals surface area contributed by atoms with Crippen molar-refractivity contribution in [2.24, 2.45) is 5.92 Å². The van der Waals surface area contributed by atoms with Crippen molar-refractivity contribution >= 4 is 15.7 Å². The molecule has 0 bridgehead atoms. The van der Waals surface area contributed by atoms with Gasteiger partial charge in [-0.1, -0.05) is 6.92 Å². The fourth-order valence-corrected chi connectivity index (χ4v) is 4.22. The summed E-state index contributed by atoms with van der Waals surface area (Å²) in [5.41, 5.74) is -0.451. The predicted octanol–water partition coefficient (Wildman–Crippen LogP) is 2.02. The zero-order valence-electron chi connectivity index (χ0n) is 12.0. The molecule has 0 aromatic heterocycles. The largest absolute Gasteiger partial charge is 0.497 e. The van der Waals surface area contributed by atoms with E-state index < -0.39 is 20.6 Å². The molecule has 1 aliphatic rings. The van der Waals surface area contributed by atoms with Gasteiger partial charge in [0, 0.05) is 13.1 Å². The number of nitrogens with zero attached hydrogens (tertiary/aromatic N) is 2. The van der Waals surface area contributed by atoms with E-state index in [1.165, 1.54) is 23.5 Å². The number of sulfonamides is 1. The molecule has 0 spiro atoms. The second-order valence-electron chi connectivity index (χ2n) is 5.20. The van der Waals surface area contributed by atoms with E-state index in [9.17, 15) is 18.5 Å². The van der Waals surface area contributed by atoms with E-state index in [1.807, 2.05) is 6.92 Å². The molecular formula is C13H18N2O5S. The quantitative estimate of drug-likeness (QED) is 0.626. The molecule has 0 N–H and O–H groups in total. The van der Waals surface area contributed by atoms with Crippen LogP contribution in [0.5, 0.6) is 5.75 Å². The highest BCUT2D eigenvalue weighted by molar-refractivity contribution is 7.89. The fraction of sp³-hybridized carbons (Fsp3) is 0.538. The standard InChI is InChI=1S/C13H18N2O5S/c1-10-4-3-7-14(9-10)21(18,19)13-6-5-11(20-2)8-12(13)15(16)17/h5-6,8,10H,3-4,7,9H2,1-2H3. The number of rotatable bonds is 4. The molecular weight excluding hydrogens is 296 g/mol. The van der Waals surface area contributed by atoms with Crippen LogP contribution in [0.4, 0.5) is 5.69 Å². The molecule has 1 aliphatic heterocycles. The molecule has 2 rings (SSSR count). The lowest BCUT2D eigenvalue weighted by Gasteiger charge is -2.29. The van der Waals surface area contributed by atoms with Gasteiger partial charge in [-0.25, -0.2) is 8.42 Å². The zero-order valence-corrected chi connectivity index (χ0v) is 12.8. The van der Waals surface area contributed by atoms with Crippen molar-refractivity contribution in [1.82, 2.24) is 4.31 Å². The highest BCUT2D eigenvalue weighted by Gasteiger charge is 2.34. The number of hydrogen-bond acceptors (Lipinski definition) is 5. The van der Waals surface area contributed by atoms with Crippen LogP contribution in [-0.4, -0.2) is 37.8 Å². The smallest absolute Gasteiger partial charge is 0.293 e. The van der Waals surface area contributed by atoms with Gasteiger partial charge in [-0.05, 0) is 30.9 Å². The van der Waals surface area contributed by atoms with Crippen molar-refractivity contribution in [3.63, 3.8) is 0 Å². The lowest BCUT2D eigenvalue weighted by atomic mass is 10.0. The molecule has 7 nitrogen and oxygen atoms in total. The molecule has 8 heteroatoms. The summed E-state index contributed by atoms with van der Waals surface area (Å²) in [6, 6.07) is 3.80. The monoisotopic (exact) mass is 314 g/mol. The van der Waals surface area contributed by atoms with Crippen LogP contribution in [0.1, 0.15) is 19.8 Å². The molecule has 1 saturated heterocycles. The van der Waals surface area contributed by atoms with Crippen molar-refractivity contribution in [3.8, 4) is 5.75 Å². The van der Waals surface area contributed by atoms with Gasteiger partial charge in [0.1, 0.15) is 5.75 Å². The van der Waals surface area contributed by atoms with Crippen LogP contribution in [0.25, 0.3) is 0 Å². The average Bonchev–Trinajstić information content (AvgIpc) is 2.46. The molecule has 1 unspecified atom stereocenters. The minimum atomic E-state index is -3.86. The van der Waals surface area contributed by atoms with Gasteiger partial charge in [-0.3, -0.25) is 10.1 Å². The average molecular weight is 314 g/mol. The van der Waals surface area contributed by atoms with E-state index in [0.29, 0.717) is 13.1 Å². The minimum Gasteiger partial charge on any atom is -0.497 e. The van der Waals surface area contributed by atoms with Crippen LogP contribution in [-0.2, 0) is 10.0 Å². The molecule has 0 aliphatic carbocycles. The van der Waals surface area contributed by atoms with E-state index in [0.717, 1.165) is 18.9 Å². The molecule has 1 heterocycles. The Kier molecular flexibility index (Phi) is 4.48. The first kappa shape index (κ1) is 15.7. The van der Waals surface area contributed by atoms with E-state index >= 15 is 0 Å². The third-order valence-corrected chi connectivity index (χ3v) is 5.51. The second-order valence-corrected chi connectivity index (χ2v) is 7.11. The van der Waals surface area contributed by atoms with Crippen LogP contribution in [0.2, 0.25) is 0 Å². The summed E-state index contributed by atoms with van der Waals surface area (Å²) in [5, 5.41) is 11.2. The van der Waals surface area contributed by atoms with Crippen molar-refractivity contribution in [3.05, 3.63) is 28.3 Å². The van der Waals surface area contributed by atoms with Gasteiger partial charge in [0.25, 0.3) is 5.69 Å². The SMILES string of the molecule is COc1ccc(S(=O)(=O)N2CCCC(C)C2)c([N+](=O)[O-])c1. The predicted molar refractivity (Wildman–Crippen MR) is 76.8 cm³/mol. The normalized spacial score (nSPS) is 20.2. The van der Waals surface area contributed by atoms with Gasteiger partial charge >= 0.3 is 0 Å². The van der Waals surface area contributed by atoms with Crippen molar-refractivity contribution in [1.29, 1.82) is 0 Å². The Morgan fingerprint density at radius 3 is 2.71 bits per heavy atom. The van der Waals surface area contributed by atoms with Crippen molar-refractivity contribution < 1.29 is 18.1 Å². The van der Waals surface area contributed by atoms with Gasteiger partial charge in [0.2, 0.25) is 10.0 Å². The Bertz CT molecular complexity index is 644. The molecule has 21 heavy (non-hydrogen) atoms.